The molecule has 9 heteroatoms. The largest absolute Gasteiger partial charge is 0.324 e. The number of aromatic nitrogens is 3. The number of nitrogens with one attached hydrogen (secondary N) is 1. The number of hydrogen-bond donors (Lipinski definition) is 1. The summed E-state index contributed by atoms with van der Waals surface area (Å²) in [6.07, 6.45) is 0. The summed E-state index contributed by atoms with van der Waals surface area (Å²) < 4.78 is 2.03. The van der Waals surface area contributed by atoms with Crippen LogP contribution in [-0.4, -0.2) is 26.4 Å². The van der Waals surface area contributed by atoms with Gasteiger partial charge in [0.25, 0.3) is 0 Å². The van der Waals surface area contributed by atoms with E-state index >= 15 is 0 Å². The van der Waals surface area contributed by atoms with Gasteiger partial charge in [0.15, 0.2) is 5.16 Å². The summed E-state index contributed by atoms with van der Waals surface area (Å²) in [5, 5.41) is 12.8. The fourth-order valence-electron chi connectivity index (χ4n) is 2.55. The number of anilines is 1. The van der Waals surface area contributed by atoms with Crippen LogP contribution >= 0.6 is 46.7 Å². The molecule has 1 amide bonds. The van der Waals surface area contributed by atoms with Crippen LogP contribution in [0, 0.1) is 6.92 Å². The molecule has 0 aliphatic rings. The monoisotopic (exact) mass is 466 g/mol. The van der Waals surface area contributed by atoms with Gasteiger partial charge < -0.3 is 9.88 Å². The predicted octanol–water partition coefficient (Wildman–Crippen LogP) is 5.94. The molecule has 1 heterocycles. The third-order valence-corrected chi connectivity index (χ3v) is 6.85. The summed E-state index contributed by atoms with van der Waals surface area (Å²) in [5.74, 6) is 1.63. The minimum atomic E-state index is -0.180. The zero-order valence-corrected chi connectivity index (χ0v) is 19.1. The smallest absolute Gasteiger partial charge is 0.234 e. The molecular weight excluding hydrogens is 447 g/mol. The highest BCUT2D eigenvalue weighted by atomic mass is 35.5. The quantitative estimate of drug-likeness (QED) is 0.416. The van der Waals surface area contributed by atoms with E-state index in [1.807, 2.05) is 11.5 Å². The summed E-state index contributed by atoms with van der Waals surface area (Å²) in [6, 6.07) is 13.5. The number of rotatable bonds is 8. The van der Waals surface area contributed by atoms with Gasteiger partial charge in [-0.05, 0) is 38.1 Å². The van der Waals surface area contributed by atoms with Gasteiger partial charge in [0, 0.05) is 11.4 Å². The minimum Gasteiger partial charge on any atom is -0.324 e. The van der Waals surface area contributed by atoms with Crippen LogP contribution in [0.15, 0.2) is 52.5 Å². The van der Waals surface area contributed by atoms with Crippen molar-refractivity contribution in [3.05, 3.63) is 63.9 Å². The molecule has 3 aromatic rings. The Hall–Kier alpha value is -1.67. The van der Waals surface area contributed by atoms with Gasteiger partial charge in [0.2, 0.25) is 5.91 Å². The van der Waals surface area contributed by atoms with E-state index in [9.17, 15) is 4.79 Å². The molecule has 0 spiro atoms. The summed E-state index contributed by atoms with van der Waals surface area (Å²) in [6.45, 7) is 4.85. The van der Waals surface area contributed by atoms with Crippen molar-refractivity contribution in [3.63, 3.8) is 0 Å². The highest BCUT2D eigenvalue weighted by molar-refractivity contribution is 7.99. The number of aryl methyl sites for hydroxylation is 1. The van der Waals surface area contributed by atoms with Crippen molar-refractivity contribution in [2.24, 2.45) is 0 Å². The van der Waals surface area contributed by atoms with E-state index in [1.165, 1.54) is 22.2 Å². The van der Waals surface area contributed by atoms with Crippen molar-refractivity contribution in [2.75, 3.05) is 11.1 Å². The zero-order valence-electron chi connectivity index (χ0n) is 16.0. The van der Waals surface area contributed by atoms with Crippen LogP contribution in [-0.2, 0) is 17.1 Å². The zero-order chi connectivity index (χ0) is 20.8. The van der Waals surface area contributed by atoms with Gasteiger partial charge in [0.1, 0.15) is 5.82 Å². The van der Waals surface area contributed by atoms with Crippen LogP contribution < -0.4 is 5.32 Å². The second kappa shape index (κ2) is 10.4. The van der Waals surface area contributed by atoms with Gasteiger partial charge in [-0.1, -0.05) is 58.7 Å². The number of amides is 1. The topological polar surface area (TPSA) is 59.8 Å². The first kappa shape index (κ1) is 22.0. The number of hydrogen-bond acceptors (Lipinski definition) is 5. The highest BCUT2D eigenvalue weighted by Crippen LogP contribution is 2.30. The number of halogens is 2. The van der Waals surface area contributed by atoms with Gasteiger partial charge in [0.05, 0.1) is 27.2 Å². The molecule has 1 aromatic heterocycles. The van der Waals surface area contributed by atoms with Crippen LogP contribution in [0.1, 0.15) is 18.3 Å². The van der Waals surface area contributed by atoms with E-state index in [2.05, 4.69) is 46.7 Å². The van der Waals surface area contributed by atoms with Crippen LogP contribution in [0.5, 0.6) is 0 Å². The van der Waals surface area contributed by atoms with E-state index in [-0.39, 0.29) is 11.7 Å². The molecule has 0 fully saturated rings. The molecular formula is C20H20Cl2N4OS2. The summed E-state index contributed by atoms with van der Waals surface area (Å²) in [7, 11) is 0. The standard InChI is InChI=1S/C20H20Cl2N4OS2/c1-3-26-17(11-28-14-9-7-13(2)8-10-14)24-25-20(26)29-12-18(27)23-16-6-4-5-15(21)19(16)22/h4-10H,3,11-12H2,1-2H3,(H,23,27). The second-order valence-corrected chi connectivity index (χ2v) is 8.96. The molecule has 3 rings (SSSR count). The van der Waals surface area contributed by atoms with Crippen molar-refractivity contribution in [2.45, 2.75) is 36.2 Å². The Morgan fingerprint density at radius 3 is 2.59 bits per heavy atom. The van der Waals surface area contributed by atoms with Crippen LogP contribution in [0.25, 0.3) is 0 Å². The molecule has 0 atom stereocenters. The predicted molar refractivity (Wildman–Crippen MR) is 122 cm³/mol. The molecule has 0 radical (unpaired) electrons. The molecule has 152 valence electrons. The fraction of sp³-hybridized carbons (Fsp3) is 0.250. The average molecular weight is 467 g/mol. The SMILES string of the molecule is CCn1c(CSc2ccc(C)cc2)nnc1SCC(=O)Nc1cccc(Cl)c1Cl. The first-order valence-corrected chi connectivity index (χ1v) is 11.7. The molecule has 2 aromatic carbocycles. The van der Waals surface area contributed by atoms with E-state index in [1.54, 1.807) is 30.0 Å². The van der Waals surface area contributed by atoms with Crippen LogP contribution in [0.2, 0.25) is 10.0 Å². The first-order chi connectivity index (χ1) is 14.0. The highest BCUT2D eigenvalue weighted by Gasteiger charge is 2.14. The Bertz CT molecular complexity index is 993. The Balaban J connectivity index is 1.58. The normalized spacial score (nSPS) is 10.9. The van der Waals surface area contributed by atoms with Crippen molar-refractivity contribution >= 4 is 58.3 Å². The molecule has 0 saturated carbocycles. The van der Waals surface area contributed by atoms with Crippen LogP contribution in [0.3, 0.4) is 0 Å². The van der Waals surface area contributed by atoms with Gasteiger partial charge in [-0.25, -0.2) is 0 Å². The van der Waals surface area contributed by atoms with E-state index in [0.717, 1.165) is 23.3 Å². The summed E-state index contributed by atoms with van der Waals surface area (Å²) in [4.78, 5) is 13.5. The van der Waals surface area contributed by atoms with Gasteiger partial charge in [-0.2, -0.15) is 0 Å². The lowest BCUT2D eigenvalue weighted by Crippen LogP contribution is -2.15. The van der Waals surface area contributed by atoms with Gasteiger partial charge in [-0.3, -0.25) is 4.79 Å². The lowest BCUT2D eigenvalue weighted by Gasteiger charge is -2.09. The lowest BCUT2D eigenvalue weighted by atomic mass is 10.2. The number of carbonyl (C=O) groups excluding carboxylic acids is 1. The van der Waals surface area contributed by atoms with E-state index < -0.39 is 0 Å². The average Bonchev–Trinajstić information content (AvgIpc) is 3.11. The fourth-order valence-corrected chi connectivity index (χ4v) is 4.56. The summed E-state index contributed by atoms with van der Waals surface area (Å²) >= 11 is 15.2. The summed E-state index contributed by atoms with van der Waals surface area (Å²) in [5.41, 5.74) is 1.74. The van der Waals surface area contributed by atoms with Crippen LogP contribution in [0.4, 0.5) is 5.69 Å². The molecule has 0 aliphatic heterocycles. The Morgan fingerprint density at radius 2 is 1.86 bits per heavy atom. The number of benzene rings is 2. The lowest BCUT2D eigenvalue weighted by molar-refractivity contribution is -0.113. The van der Waals surface area contributed by atoms with Crippen molar-refractivity contribution < 1.29 is 4.79 Å². The third kappa shape index (κ3) is 5.92. The second-order valence-electron chi connectivity index (χ2n) is 6.18. The molecule has 0 aliphatic carbocycles. The maximum Gasteiger partial charge on any atom is 0.234 e. The Kier molecular flexibility index (Phi) is 7.89. The van der Waals surface area contributed by atoms with E-state index in [0.29, 0.717) is 15.7 Å². The first-order valence-electron chi connectivity index (χ1n) is 8.96. The maximum absolute atomic E-state index is 12.3. The van der Waals surface area contributed by atoms with Crippen molar-refractivity contribution in [1.82, 2.24) is 14.8 Å². The molecule has 5 nitrogen and oxygen atoms in total. The Labute approximate surface area is 188 Å². The molecule has 0 saturated heterocycles. The number of nitrogens with zero attached hydrogens (tertiary/aromatic N) is 3. The maximum atomic E-state index is 12.3. The number of carbonyl (C=O) groups is 1. The van der Waals surface area contributed by atoms with Crippen molar-refractivity contribution in [3.8, 4) is 0 Å². The molecule has 0 bridgehead atoms. The van der Waals surface area contributed by atoms with E-state index in [4.69, 9.17) is 23.2 Å². The van der Waals surface area contributed by atoms with Gasteiger partial charge in [-0.15, -0.1) is 22.0 Å². The molecule has 29 heavy (non-hydrogen) atoms. The minimum absolute atomic E-state index is 0.180. The molecule has 1 N–H and O–H groups in total. The Morgan fingerprint density at radius 1 is 1.10 bits per heavy atom. The van der Waals surface area contributed by atoms with Gasteiger partial charge >= 0.3 is 0 Å². The third-order valence-electron chi connectivity index (χ3n) is 4.06. The van der Waals surface area contributed by atoms with Crippen molar-refractivity contribution in [1.29, 1.82) is 0 Å². The number of thioether (sulfide) groups is 2. The molecule has 0 unspecified atom stereocenters.